The maximum absolute atomic E-state index is 13.1. The SMILES string of the molecule is COc1ccc(OC)c(S(=O)(=O)Nc2cccnc2-c2ccccc2OC)c1. The third-order valence-corrected chi connectivity index (χ3v) is 5.46. The molecule has 2 aromatic carbocycles. The number of rotatable bonds is 7. The number of nitrogens with one attached hydrogen (secondary N) is 1. The highest BCUT2D eigenvalue weighted by Crippen LogP contribution is 2.35. The Balaban J connectivity index is 2.08. The van der Waals surface area contributed by atoms with Gasteiger partial charge in [-0.3, -0.25) is 9.71 Å². The Morgan fingerprint density at radius 2 is 1.61 bits per heavy atom. The van der Waals surface area contributed by atoms with E-state index in [2.05, 4.69) is 9.71 Å². The number of methoxy groups -OCH3 is 3. The van der Waals surface area contributed by atoms with E-state index in [0.717, 1.165) is 0 Å². The van der Waals surface area contributed by atoms with Gasteiger partial charge in [0.15, 0.2) is 0 Å². The quantitative estimate of drug-likeness (QED) is 0.652. The predicted molar refractivity (Wildman–Crippen MR) is 107 cm³/mol. The number of para-hydroxylation sites is 1. The van der Waals surface area contributed by atoms with E-state index in [9.17, 15) is 8.42 Å². The van der Waals surface area contributed by atoms with Crippen LogP contribution in [0.1, 0.15) is 0 Å². The molecular weight excluding hydrogens is 380 g/mol. The minimum atomic E-state index is -3.97. The third-order valence-electron chi connectivity index (χ3n) is 4.07. The van der Waals surface area contributed by atoms with Gasteiger partial charge in [-0.15, -0.1) is 0 Å². The summed E-state index contributed by atoms with van der Waals surface area (Å²) in [4.78, 5) is 4.31. The smallest absolute Gasteiger partial charge is 0.265 e. The Morgan fingerprint density at radius 1 is 0.857 bits per heavy atom. The topological polar surface area (TPSA) is 86.8 Å². The highest BCUT2D eigenvalue weighted by atomic mass is 32.2. The summed E-state index contributed by atoms with van der Waals surface area (Å²) in [6.07, 6.45) is 1.59. The molecule has 0 aliphatic rings. The maximum Gasteiger partial charge on any atom is 0.265 e. The van der Waals surface area contributed by atoms with Gasteiger partial charge in [-0.2, -0.15) is 0 Å². The Hall–Kier alpha value is -3.26. The molecule has 0 radical (unpaired) electrons. The van der Waals surface area contributed by atoms with Crippen molar-refractivity contribution in [2.24, 2.45) is 0 Å². The lowest BCUT2D eigenvalue weighted by Crippen LogP contribution is -2.15. The van der Waals surface area contributed by atoms with Crippen molar-refractivity contribution in [2.45, 2.75) is 4.90 Å². The van der Waals surface area contributed by atoms with Crippen molar-refractivity contribution in [3.05, 3.63) is 60.8 Å². The van der Waals surface area contributed by atoms with E-state index in [0.29, 0.717) is 28.4 Å². The van der Waals surface area contributed by atoms with Crippen LogP contribution in [0.5, 0.6) is 17.2 Å². The molecule has 3 rings (SSSR count). The molecule has 0 aliphatic heterocycles. The van der Waals surface area contributed by atoms with Gasteiger partial charge in [0, 0.05) is 17.8 Å². The molecule has 1 N–H and O–H groups in total. The summed E-state index contributed by atoms with van der Waals surface area (Å²) in [7, 11) is 0.446. The van der Waals surface area contributed by atoms with E-state index in [1.165, 1.54) is 26.4 Å². The highest BCUT2D eigenvalue weighted by Gasteiger charge is 2.23. The molecule has 0 fully saturated rings. The summed E-state index contributed by atoms with van der Waals surface area (Å²) in [5.41, 5.74) is 1.43. The van der Waals surface area contributed by atoms with E-state index in [1.807, 2.05) is 18.2 Å². The van der Waals surface area contributed by atoms with Crippen LogP contribution in [0.4, 0.5) is 5.69 Å². The van der Waals surface area contributed by atoms with Gasteiger partial charge < -0.3 is 14.2 Å². The Labute approximate surface area is 164 Å². The zero-order chi connectivity index (χ0) is 20.1. The number of pyridine rings is 1. The second-order valence-electron chi connectivity index (χ2n) is 5.72. The average Bonchev–Trinajstić information content (AvgIpc) is 2.73. The highest BCUT2D eigenvalue weighted by molar-refractivity contribution is 7.92. The van der Waals surface area contributed by atoms with Gasteiger partial charge in [-0.1, -0.05) is 12.1 Å². The molecule has 0 aliphatic carbocycles. The number of sulfonamides is 1. The second-order valence-corrected chi connectivity index (χ2v) is 7.37. The lowest BCUT2D eigenvalue weighted by Gasteiger charge is -2.15. The Kier molecular flexibility index (Phi) is 5.70. The molecule has 0 atom stereocenters. The number of nitrogens with zero attached hydrogens (tertiary/aromatic N) is 1. The summed E-state index contributed by atoms with van der Waals surface area (Å²) >= 11 is 0. The largest absolute Gasteiger partial charge is 0.497 e. The number of ether oxygens (including phenoxy) is 3. The van der Waals surface area contributed by atoms with Gasteiger partial charge >= 0.3 is 0 Å². The molecule has 3 aromatic rings. The van der Waals surface area contributed by atoms with Gasteiger partial charge in [0.05, 0.1) is 32.7 Å². The van der Waals surface area contributed by atoms with Crippen LogP contribution in [0.2, 0.25) is 0 Å². The predicted octanol–water partition coefficient (Wildman–Crippen LogP) is 3.58. The molecule has 0 unspecified atom stereocenters. The molecule has 0 amide bonds. The summed E-state index contributed by atoms with van der Waals surface area (Å²) in [5.74, 6) is 1.19. The molecule has 28 heavy (non-hydrogen) atoms. The van der Waals surface area contributed by atoms with Crippen LogP contribution in [0.3, 0.4) is 0 Å². The summed E-state index contributed by atoms with van der Waals surface area (Å²) < 4.78 is 44.5. The lowest BCUT2D eigenvalue weighted by atomic mass is 10.1. The fourth-order valence-corrected chi connectivity index (χ4v) is 3.99. The number of hydrogen-bond acceptors (Lipinski definition) is 6. The number of aromatic nitrogens is 1. The second kappa shape index (κ2) is 8.18. The molecule has 1 heterocycles. The standard InChI is InChI=1S/C20H20N2O5S/c1-25-14-10-11-18(27-3)19(13-14)28(23,24)22-16-8-6-12-21-20(16)15-7-4-5-9-17(15)26-2/h4-13,22H,1-3H3. The van der Waals surface area contributed by atoms with Crippen molar-refractivity contribution >= 4 is 15.7 Å². The molecule has 1 aromatic heterocycles. The summed E-state index contributed by atoms with van der Waals surface area (Å²) in [5, 5.41) is 0. The van der Waals surface area contributed by atoms with Crippen LogP contribution < -0.4 is 18.9 Å². The molecule has 0 saturated heterocycles. The molecule has 8 heteroatoms. The van der Waals surface area contributed by atoms with Crippen molar-refractivity contribution in [1.29, 1.82) is 0 Å². The van der Waals surface area contributed by atoms with Gasteiger partial charge in [-0.05, 0) is 36.4 Å². The monoisotopic (exact) mass is 400 g/mol. The normalized spacial score (nSPS) is 11.0. The summed E-state index contributed by atoms with van der Waals surface area (Å²) in [6.45, 7) is 0. The van der Waals surface area contributed by atoms with Crippen molar-refractivity contribution in [3.63, 3.8) is 0 Å². The number of anilines is 1. The van der Waals surface area contributed by atoms with Crippen LogP contribution in [0.15, 0.2) is 65.7 Å². The zero-order valence-corrected chi connectivity index (χ0v) is 16.5. The first kappa shape index (κ1) is 19.5. The van der Waals surface area contributed by atoms with Crippen LogP contribution in [-0.4, -0.2) is 34.7 Å². The van der Waals surface area contributed by atoms with Gasteiger partial charge in [0.1, 0.15) is 22.1 Å². The van der Waals surface area contributed by atoms with Crippen LogP contribution in [0, 0.1) is 0 Å². The van der Waals surface area contributed by atoms with E-state index in [1.54, 1.807) is 37.6 Å². The first-order valence-corrected chi connectivity index (χ1v) is 9.81. The summed E-state index contributed by atoms with van der Waals surface area (Å²) in [6, 6.07) is 15.1. The molecule has 0 saturated carbocycles. The first-order chi connectivity index (χ1) is 13.5. The molecule has 0 bridgehead atoms. The van der Waals surface area contributed by atoms with Crippen molar-refractivity contribution in [3.8, 4) is 28.5 Å². The molecule has 0 spiro atoms. The fraction of sp³-hybridized carbons (Fsp3) is 0.150. The van der Waals surface area contributed by atoms with Crippen LogP contribution in [-0.2, 0) is 10.0 Å². The Morgan fingerprint density at radius 3 is 2.32 bits per heavy atom. The van der Waals surface area contributed by atoms with Gasteiger partial charge in [-0.25, -0.2) is 8.42 Å². The minimum absolute atomic E-state index is 0.0378. The Bertz CT molecular complexity index is 1080. The van der Waals surface area contributed by atoms with Gasteiger partial charge in [0.25, 0.3) is 10.0 Å². The van der Waals surface area contributed by atoms with Gasteiger partial charge in [0.2, 0.25) is 0 Å². The zero-order valence-electron chi connectivity index (χ0n) is 15.7. The van der Waals surface area contributed by atoms with Crippen molar-refractivity contribution in [1.82, 2.24) is 4.98 Å². The molecule has 7 nitrogen and oxygen atoms in total. The van der Waals surface area contributed by atoms with E-state index < -0.39 is 10.0 Å². The molecular formula is C20H20N2O5S. The lowest BCUT2D eigenvalue weighted by molar-refractivity contribution is 0.392. The van der Waals surface area contributed by atoms with E-state index in [4.69, 9.17) is 14.2 Å². The fourth-order valence-electron chi connectivity index (χ4n) is 2.74. The van der Waals surface area contributed by atoms with Crippen LogP contribution in [0.25, 0.3) is 11.3 Å². The minimum Gasteiger partial charge on any atom is -0.497 e. The van der Waals surface area contributed by atoms with E-state index >= 15 is 0 Å². The maximum atomic E-state index is 13.1. The number of hydrogen-bond donors (Lipinski definition) is 1. The van der Waals surface area contributed by atoms with E-state index in [-0.39, 0.29) is 10.6 Å². The van der Waals surface area contributed by atoms with Crippen molar-refractivity contribution in [2.75, 3.05) is 26.1 Å². The first-order valence-electron chi connectivity index (χ1n) is 8.33. The van der Waals surface area contributed by atoms with Crippen LogP contribution >= 0.6 is 0 Å². The van der Waals surface area contributed by atoms with Crippen molar-refractivity contribution < 1.29 is 22.6 Å². The third kappa shape index (κ3) is 3.86. The molecule has 146 valence electrons. The average molecular weight is 400 g/mol. The number of benzene rings is 2.